The number of thiophene rings is 1. The molecule has 0 unspecified atom stereocenters. The van der Waals surface area contributed by atoms with Gasteiger partial charge in [0, 0.05) is 29.9 Å². The number of carboxylic acid groups (broad SMARTS) is 1. The lowest BCUT2D eigenvalue weighted by Crippen LogP contribution is -2.35. The highest BCUT2D eigenvalue weighted by Crippen LogP contribution is 2.26. The standard InChI is InChI=1S/C17H15N3O3S/c1-19(15(17(22)23)14-7-3-10-24-14)16(21)12-5-2-6-13(11-12)20-9-4-8-18-20/h2-11,15H,1H3,(H,22,23)/t15-/m0/s1. The summed E-state index contributed by atoms with van der Waals surface area (Å²) in [6.45, 7) is 0. The second-order valence-corrected chi connectivity index (χ2v) is 6.15. The lowest BCUT2D eigenvalue weighted by atomic mass is 10.1. The molecular weight excluding hydrogens is 326 g/mol. The predicted molar refractivity (Wildman–Crippen MR) is 90.4 cm³/mol. The molecule has 1 amide bonds. The Morgan fingerprint density at radius 3 is 2.71 bits per heavy atom. The minimum Gasteiger partial charge on any atom is -0.479 e. The fourth-order valence-electron chi connectivity index (χ4n) is 2.45. The zero-order valence-electron chi connectivity index (χ0n) is 12.9. The number of hydrogen-bond acceptors (Lipinski definition) is 4. The van der Waals surface area contributed by atoms with E-state index in [1.54, 1.807) is 58.9 Å². The predicted octanol–water partition coefficient (Wildman–Crippen LogP) is 2.83. The van der Waals surface area contributed by atoms with Crippen LogP contribution in [0.2, 0.25) is 0 Å². The van der Waals surface area contributed by atoms with Crippen molar-refractivity contribution in [2.24, 2.45) is 0 Å². The molecule has 3 aromatic rings. The Labute approximate surface area is 142 Å². The van der Waals surface area contributed by atoms with Crippen LogP contribution in [0.15, 0.2) is 60.2 Å². The molecule has 6 nitrogen and oxygen atoms in total. The van der Waals surface area contributed by atoms with Gasteiger partial charge >= 0.3 is 5.97 Å². The number of aromatic nitrogens is 2. The molecule has 0 saturated heterocycles. The summed E-state index contributed by atoms with van der Waals surface area (Å²) in [6.07, 6.45) is 3.43. The number of carboxylic acids is 1. The van der Waals surface area contributed by atoms with Gasteiger partial charge in [0.15, 0.2) is 6.04 Å². The first-order valence-corrected chi connectivity index (χ1v) is 8.09. The smallest absolute Gasteiger partial charge is 0.331 e. The van der Waals surface area contributed by atoms with E-state index in [1.807, 2.05) is 6.07 Å². The van der Waals surface area contributed by atoms with E-state index >= 15 is 0 Å². The van der Waals surface area contributed by atoms with Gasteiger partial charge < -0.3 is 10.0 Å². The Bertz CT molecular complexity index is 844. The Kier molecular flexibility index (Phi) is 4.43. The molecule has 24 heavy (non-hydrogen) atoms. The van der Waals surface area contributed by atoms with Gasteiger partial charge in [0.25, 0.3) is 5.91 Å². The zero-order valence-corrected chi connectivity index (χ0v) is 13.7. The van der Waals surface area contributed by atoms with Crippen molar-refractivity contribution < 1.29 is 14.7 Å². The van der Waals surface area contributed by atoms with Gasteiger partial charge in [-0.3, -0.25) is 4.79 Å². The van der Waals surface area contributed by atoms with Crippen molar-refractivity contribution in [1.29, 1.82) is 0 Å². The number of aliphatic carboxylic acids is 1. The minimum absolute atomic E-state index is 0.357. The summed E-state index contributed by atoms with van der Waals surface area (Å²) < 4.78 is 1.64. The molecule has 122 valence electrons. The van der Waals surface area contributed by atoms with E-state index in [0.29, 0.717) is 10.4 Å². The van der Waals surface area contributed by atoms with Gasteiger partial charge in [-0.05, 0) is 35.7 Å². The maximum Gasteiger partial charge on any atom is 0.331 e. The van der Waals surface area contributed by atoms with Crippen LogP contribution in [-0.4, -0.2) is 38.7 Å². The number of likely N-dealkylation sites (N-methyl/N-ethyl adjacent to an activating group) is 1. The van der Waals surface area contributed by atoms with Crippen LogP contribution in [0, 0.1) is 0 Å². The van der Waals surface area contributed by atoms with Crippen molar-refractivity contribution in [3.05, 3.63) is 70.7 Å². The van der Waals surface area contributed by atoms with E-state index in [2.05, 4.69) is 5.10 Å². The summed E-state index contributed by atoms with van der Waals surface area (Å²) >= 11 is 1.31. The molecule has 1 N–H and O–H groups in total. The second-order valence-electron chi connectivity index (χ2n) is 5.17. The third kappa shape index (κ3) is 3.07. The maximum atomic E-state index is 12.7. The highest BCUT2D eigenvalue weighted by atomic mass is 32.1. The van der Waals surface area contributed by atoms with Crippen molar-refractivity contribution in [2.75, 3.05) is 7.05 Å². The summed E-state index contributed by atoms with van der Waals surface area (Å²) in [5.74, 6) is -1.42. The van der Waals surface area contributed by atoms with Crippen molar-refractivity contribution in [3.63, 3.8) is 0 Å². The lowest BCUT2D eigenvalue weighted by Gasteiger charge is -2.24. The van der Waals surface area contributed by atoms with Gasteiger partial charge in [-0.15, -0.1) is 11.3 Å². The maximum absolute atomic E-state index is 12.7. The number of nitrogens with zero attached hydrogens (tertiary/aromatic N) is 3. The largest absolute Gasteiger partial charge is 0.479 e. The highest BCUT2D eigenvalue weighted by Gasteiger charge is 2.29. The summed E-state index contributed by atoms with van der Waals surface area (Å²) in [6, 6.07) is 11.2. The summed E-state index contributed by atoms with van der Waals surface area (Å²) in [5, 5.41) is 15.4. The first-order valence-electron chi connectivity index (χ1n) is 7.21. The number of benzene rings is 1. The molecule has 1 aromatic carbocycles. The van der Waals surface area contributed by atoms with Crippen LogP contribution in [0.25, 0.3) is 5.69 Å². The van der Waals surface area contributed by atoms with Gasteiger partial charge in [-0.1, -0.05) is 12.1 Å². The normalized spacial score (nSPS) is 11.9. The number of carbonyl (C=O) groups is 2. The fraction of sp³-hybridized carbons (Fsp3) is 0.118. The van der Waals surface area contributed by atoms with Crippen LogP contribution in [0.1, 0.15) is 21.3 Å². The molecule has 0 aliphatic rings. The third-order valence-electron chi connectivity index (χ3n) is 3.62. The summed E-state index contributed by atoms with van der Waals surface area (Å²) in [5.41, 5.74) is 1.15. The number of rotatable bonds is 5. The van der Waals surface area contributed by atoms with E-state index in [4.69, 9.17) is 0 Å². The number of carbonyl (C=O) groups excluding carboxylic acids is 1. The second kappa shape index (κ2) is 6.67. The van der Waals surface area contributed by atoms with Crippen LogP contribution < -0.4 is 0 Å². The molecule has 0 fully saturated rings. The molecule has 0 aliphatic carbocycles. The molecule has 0 bridgehead atoms. The van der Waals surface area contributed by atoms with Crippen molar-refractivity contribution in [2.45, 2.75) is 6.04 Å². The molecule has 1 atom stereocenters. The van der Waals surface area contributed by atoms with Crippen molar-refractivity contribution >= 4 is 23.2 Å². The molecule has 0 aliphatic heterocycles. The van der Waals surface area contributed by atoms with E-state index < -0.39 is 12.0 Å². The average molecular weight is 341 g/mol. The first kappa shape index (κ1) is 15.9. The van der Waals surface area contributed by atoms with Crippen LogP contribution in [0.3, 0.4) is 0 Å². The Hall–Kier alpha value is -2.93. The average Bonchev–Trinajstić information content (AvgIpc) is 3.28. The van der Waals surface area contributed by atoms with E-state index in [0.717, 1.165) is 5.69 Å². The van der Waals surface area contributed by atoms with Crippen molar-refractivity contribution in [1.82, 2.24) is 14.7 Å². The molecule has 0 saturated carbocycles. The molecule has 0 radical (unpaired) electrons. The van der Waals surface area contributed by atoms with Gasteiger partial charge in [0.05, 0.1) is 5.69 Å². The van der Waals surface area contributed by atoms with Gasteiger partial charge in [-0.2, -0.15) is 5.10 Å². The molecule has 2 heterocycles. The third-order valence-corrected chi connectivity index (χ3v) is 4.54. The van der Waals surface area contributed by atoms with Crippen LogP contribution in [-0.2, 0) is 4.79 Å². The fourth-order valence-corrected chi connectivity index (χ4v) is 3.31. The minimum atomic E-state index is -1.06. The Morgan fingerprint density at radius 1 is 1.25 bits per heavy atom. The topological polar surface area (TPSA) is 75.4 Å². The van der Waals surface area contributed by atoms with Crippen LogP contribution >= 0.6 is 11.3 Å². The van der Waals surface area contributed by atoms with E-state index in [9.17, 15) is 14.7 Å². The molecular formula is C17H15N3O3S. The quantitative estimate of drug-likeness (QED) is 0.774. The summed E-state index contributed by atoms with van der Waals surface area (Å²) in [7, 11) is 1.50. The molecule has 3 rings (SSSR count). The SMILES string of the molecule is CN(C(=O)c1cccc(-n2cccn2)c1)[C@H](C(=O)O)c1cccs1. The number of hydrogen-bond donors (Lipinski definition) is 1. The lowest BCUT2D eigenvalue weighted by molar-refractivity contribution is -0.142. The highest BCUT2D eigenvalue weighted by molar-refractivity contribution is 7.10. The van der Waals surface area contributed by atoms with Gasteiger partial charge in [0.1, 0.15) is 0 Å². The monoisotopic (exact) mass is 341 g/mol. The zero-order chi connectivity index (χ0) is 17.1. The molecule has 0 spiro atoms. The van der Waals surface area contributed by atoms with E-state index in [1.165, 1.54) is 23.3 Å². The molecule has 7 heteroatoms. The van der Waals surface area contributed by atoms with Crippen molar-refractivity contribution in [3.8, 4) is 5.69 Å². The van der Waals surface area contributed by atoms with Crippen LogP contribution in [0.5, 0.6) is 0 Å². The Balaban J connectivity index is 1.90. The summed E-state index contributed by atoms with van der Waals surface area (Å²) in [4.78, 5) is 26.2. The van der Waals surface area contributed by atoms with E-state index in [-0.39, 0.29) is 5.91 Å². The number of amides is 1. The Morgan fingerprint density at radius 2 is 2.08 bits per heavy atom. The molecule has 2 aromatic heterocycles. The van der Waals surface area contributed by atoms with Gasteiger partial charge in [-0.25, -0.2) is 9.48 Å². The van der Waals surface area contributed by atoms with Crippen LogP contribution in [0.4, 0.5) is 0 Å². The van der Waals surface area contributed by atoms with Gasteiger partial charge in [0.2, 0.25) is 0 Å². The first-order chi connectivity index (χ1) is 11.6.